The minimum atomic E-state index is -0.633. The van der Waals surface area contributed by atoms with Crippen LogP contribution in [0.3, 0.4) is 0 Å². The van der Waals surface area contributed by atoms with Gasteiger partial charge < -0.3 is 23.7 Å². The molecule has 0 aliphatic heterocycles. The molecule has 0 spiro atoms. The summed E-state index contributed by atoms with van der Waals surface area (Å²) in [7, 11) is 0. The standard InChI is InChI=1S/C34H46O8/c1-11-23-19-25(30(42-22(3)4)27(12-2)29(23)39-21-41-32(37)34(8,9)10)15-18-28(35)24-13-16-26(17-14-24)38-20-40-31(36)33(5,6)7/h13-19,22H,11-12,20-21H2,1-10H3. The van der Waals surface area contributed by atoms with Gasteiger partial charge in [0.15, 0.2) is 5.78 Å². The topological polar surface area (TPSA) is 97.4 Å². The van der Waals surface area contributed by atoms with Crippen LogP contribution in [0.2, 0.25) is 0 Å². The lowest BCUT2D eigenvalue weighted by Crippen LogP contribution is -2.25. The molecule has 0 aromatic heterocycles. The van der Waals surface area contributed by atoms with E-state index >= 15 is 0 Å². The number of carbonyl (C=O) groups excluding carboxylic acids is 3. The monoisotopic (exact) mass is 582 g/mol. The van der Waals surface area contributed by atoms with E-state index in [-0.39, 0.29) is 37.4 Å². The maximum atomic E-state index is 13.0. The Kier molecular flexibility index (Phi) is 12.2. The number of esters is 2. The van der Waals surface area contributed by atoms with Crippen molar-refractivity contribution in [1.29, 1.82) is 0 Å². The fourth-order valence-electron chi connectivity index (χ4n) is 3.76. The van der Waals surface area contributed by atoms with Crippen LogP contribution in [0.25, 0.3) is 6.08 Å². The Balaban J connectivity index is 2.26. The summed E-state index contributed by atoms with van der Waals surface area (Å²) in [5, 5.41) is 0. The zero-order valence-corrected chi connectivity index (χ0v) is 26.7. The minimum absolute atomic E-state index is 0.118. The first-order valence-corrected chi connectivity index (χ1v) is 14.4. The summed E-state index contributed by atoms with van der Waals surface area (Å²) in [5.74, 6) is 0.833. The second kappa shape index (κ2) is 14.9. The summed E-state index contributed by atoms with van der Waals surface area (Å²) in [6.45, 7) is 18.1. The Hall–Kier alpha value is -3.81. The van der Waals surface area contributed by atoms with E-state index in [9.17, 15) is 14.4 Å². The van der Waals surface area contributed by atoms with Crippen LogP contribution in [0, 0.1) is 10.8 Å². The highest BCUT2D eigenvalue weighted by molar-refractivity contribution is 6.07. The molecule has 0 amide bonds. The van der Waals surface area contributed by atoms with Crippen LogP contribution >= 0.6 is 0 Å². The predicted octanol–water partition coefficient (Wildman–Crippen LogP) is 7.35. The van der Waals surface area contributed by atoms with Gasteiger partial charge in [-0.1, -0.05) is 13.8 Å². The number of hydrogen-bond acceptors (Lipinski definition) is 8. The van der Waals surface area contributed by atoms with Crippen molar-refractivity contribution in [2.24, 2.45) is 10.8 Å². The van der Waals surface area contributed by atoms with Crippen molar-refractivity contribution in [3.05, 3.63) is 58.7 Å². The Morgan fingerprint density at radius 1 is 0.786 bits per heavy atom. The second-order valence-electron chi connectivity index (χ2n) is 12.2. The highest BCUT2D eigenvalue weighted by Crippen LogP contribution is 2.38. The SMILES string of the molecule is CCc1cc(C=CC(=O)c2ccc(OCOC(=O)C(C)(C)C)cc2)c(OC(C)C)c(CC)c1OCOC(=O)C(C)(C)C. The van der Waals surface area contributed by atoms with E-state index in [2.05, 4.69) is 0 Å². The van der Waals surface area contributed by atoms with Gasteiger partial charge in [-0.2, -0.15) is 0 Å². The number of ether oxygens (including phenoxy) is 5. The van der Waals surface area contributed by atoms with Gasteiger partial charge in [-0.15, -0.1) is 0 Å². The Labute approximate surface area is 250 Å². The van der Waals surface area contributed by atoms with Crippen LogP contribution in [0.4, 0.5) is 0 Å². The van der Waals surface area contributed by atoms with Gasteiger partial charge in [0.05, 0.1) is 16.9 Å². The summed E-state index contributed by atoms with van der Waals surface area (Å²) >= 11 is 0. The fraction of sp³-hybridized carbons (Fsp3) is 0.500. The molecule has 0 N–H and O–H groups in total. The Bertz CT molecular complexity index is 1260. The molecule has 0 atom stereocenters. The Morgan fingerprint density at radius 3 is 1.81 bits per heavy atom. The summed E-state index contributed by atoms with van der Waals surface area (Å²) in [6.07, 6.45) is 4.41. The first-order valence-electron chi connectivity index (χ1n) is 14.4. The van der Waals surface area contributed by atoms with Gasteiger partial charge in [-0.3, -0.25) is 14.4 Å². The molecule has 0 radical (unpaired) electrons. The molecule has 0 heterocycles. The molecule has 2 rings (SSSR count). The summed E-state index contributed by atoms with van der Waals surface area (Å²) in [5.41, 5.74) is 1.74. The molecule has 2 aromatic carbocycles. The predicted molar refractivity (Wildman–Crippen MR) is 163 cm³/mol. The second-order valence-corrected chi connectivity index (χ2v) is 12.2. The van der Waals surface area contributed by atoms with Gasteiger partial charge in [0, 0.05) is 16.7 Å². The summed E-state index contributed by atoms with van der Waals surface area (Å²) in [6, 6.07) is 8.57. The lowest BCUT2D eigenvalue weighted by Gasteiger charge is -2.23. The van der Waals surface area contributed by atoms with Gasteiger partial charge in [-0.05, 0) is 116 Å². The highest BCUT2D eigenvalue weighted by Gasteiger charge is 2.25. The number of allylic oxidation sites excluding steroid dienone is 1. The third kappa shape index (κ3) is 9.93. The first-order chi connectivity index (χ1) is 19.6. The number of ketones is 1. The van der Waals surface area contributed by atoms with Crippen LogP contribution < -0.4 is 14.2 Å². The maximum absolute atomic E-state index is 13.0. The van der Waals surface area contributed by atoms with Crippen LogP contribution in [0.5, 0.6) is 17.2 Å². The van der Waals surface area contributed by atoms with Gasteiger partial charge in [0.2, 0.25) is 13.6 Å². The summed E-state index contributed by atoms with van der Waals surface area (Å²) in [4.78, 5) is 37.1. The van der Waals surface area contributed by atoms with Crippen molar-refractivity contribution in [1.82, 2.24) is 0 Å². The van der Waals surface area contributed by atoms with Gasteiger partial charge in [0.25, 0.3) is 0 Å². The third-order valence-electron chi connectivity index (χ3n) is 6.11. The van der Waals surface area contributed by atoms with Gasteiger partial charge in [0.1, 0.15) is 17.2 Å². The lowest BCUT2D eigenvalue weighted by atomic mass is 9.97. The molecule has 0 bridgehead atoms. The van der Waals surface area contributed by atoms with Crippen molar-refractivity contribution in [3.63, 3.8) is 0 Å². The summed E-state index contributed by atoms with van der Waals surface area (Å²) < 4.78 is 28.2. The Morgan fingerprint density at radius 2 is 1.33 bits per heavy atom. The molecule has 0 aliphatic rings. The molecule has 0 aliphatic carbocycles. The van der Waals surface area contributed by atoms with Crippen molar-refractivity contribution in [2.75, 3.05) is 13.6 Å². The van der Waals surface area contributed by atoms with Crippen LogP contribution in [-0.4, -0.2) is 37.4 Å². The average Bonchev–Trinajstić information content (AvgIpc) is 2.91. The van der Waals surface area contributed by atoms with Gasteiger partial charge in [-0.25, -0.2) is 0 Å². The van der Waals surface area contributed by atoms with E-state index in [0.717, 1.165) is 16.7 Å². The molecule has 0 saturated heterocycles. The molecule has 0 saturated carbocycles. The van der Waals surface area contributed by atoms with Crippen LogP contribution in [0.1, 0.15) is 96.3 Å². The van der Waals surface area contributed by atoms with Crippen LogP contribution in [0.15, 0.2) is 36.4 Å². The normalized spacial score (nSPS) is 11.9. The quantitative estimate of drug-likeness (QED) is 0.105. The van der Waals surface area contributed by atoms with E-state index in [1.807, 2.05) is 33.8 Å². The zero-order chi connectivity index (χ0) is 31.7. The number of benzene rings is 2. The van der Waals surface area contributed by atoms with E-state index in [1.165, 1.54) is 6.08 Å². The molecule has 230 valence electrons. The lowest BCUT2D eigenvalue weighted by molar-refractivity contribution is -0.160. The van der Waals surface area contributed by atoms with E-state index in [1.54, 1.807) is 71.9 Å². The highest BCUT2D eigenvalue weighted by atomic mass is 16.7. The molecule has 8 nitrogen and oxygen atoms in total. The van der Waals surface area contributed by atoms with Crippen molar-refractivity contribution >= 4 is 23.8 Å². The molecular formula is C34H46O8. The average molecular weight is 583 g/mol. The molecule has 0 fully saturated rings. The molecular weight excluding hydrogens is 536 g/mol. The first kappa shape index (κ1) is 34.4. The van der Waals surface area contributed by atoms with E-state index < -0.39 is 10.8 Å². The van der Waals surface area contributed by atoms with Gasteiger partial charge >= 0.3 is 11.9 Å². The molecule has 8 heteroatoms. The van der Waals surface area contributed by atoms with Crippen molar-refractivity contribution < 1.29 is 38.1 Å². The molecule has 0 unspecified atom stereocenters. The minimum Gasteiger partial charge on any atom is -0.490 e. The van der Waals surface area contributed by atoms with Crippen molar-refractivity contribution in [2.45, 2.75) is 88.2 Å². The van der Waals surface area contributed by atoms with Crippen LogP contribution in [-0.2, 0) is 31.9 Å². The number of aryl methyl sites for hydroxylation is 1. The number of hydrogen-bond donors (Lipinski definition) is 0. The van der Waals surface area contributed by atoms with E-state index in [4.69, 9.17) is 23.7 Å². The van der Waals surface area contributed by atoms with Crippen molar-refractivity contribution in [3.8, 4) is 17.2 Å². The fourth-order valence-corrected chi connectivity index (χ4v) is 3.76. The van der Waals surface area contributed by atoms with E-state index in [0.29, 0.717) is 35.7 Å². The smallest absolute Gasteiger partial charge is 0.314 e. The largest absolute Gasteiger partial charge is 0.490 e. The molecule has 42 heavy (non-hydrogen) atoms. The molecule has 2 aromatic rings. The third-order valence-corrected chi connectivity index (χ3v) is 6.11. The zero-order valence-electron chi connectivity index (χ0n) is 26.7. The number of carbonyl (C=O) groups is 3. The number of rotatable bonds is 13. The maximum Gasteiger partial charge on any atom is 0.314 e.